The number of benzene rings is 1. The first-order chi connectivity index (χ1) is 6.52. The second-order valence-electron chi connectivity index (χ2n) is 3.21. The van der Waals surface area contributed by atoms with Crippen molar-refractivity contribution in [3.05, 3.63) is 28.8 Å². The highest BCUT2D eigenvalue weighted by Gasteiger charge is 2.10. The summed E-state index contributed by atoms with van der Waals surface area (Å²) in [6, 6.07) is 4.90. The minimum atomic E-state index is -0.536. The Morgan fingerprint density at radius 3 is 2.71 bits per heavy atom. The van der Waals surface area contributed by atoms with Crippen LogP contribution in [0.1, 0.15) is 12.5 Å². The molecule has 1 aromatic rings. The standard InChI is InChI=1S/C10H13ClN2O/c1-6-4-3-5-8(11)9(6)13-10(14)7(2)12/h3-5,7H,12H2,1-2H3,(H,13,14)/t7-/m1/s1. The molecule has 1 atom stereocenters. The summed E-state index contributed by atoms with van der Waals surface area (Å²) in [7, 11) is 0. The summed E-state index contributed by atoms with van der Waals surface area (Å²) in [5.41, 5.74) is 6.99. The van der Waals surface area contributed by atoms with Crippen LogP contribution < -0.4 is 11.1 Å². The number of carbonyl (C=O) groups excluding carboxylic acids is 1. The molecule has 1 rings (SSSR count). The van der Waals surface area contributed by atoms with Crippen molar-refractivity contribution in [3.63, 3.8) is 0 Å². The molecule has 0 radical (unpaired) electrons. The fourth-order valence-corrected chi connectivity index (χ4v) is 1.30. The van der Waals surface area contributed by atoms with Gasteiger partial charge in [-0.3, -0.25) is 4.79 Å². The van der Waals surface area contributed by atoms with E-state index in [1.165, 1.54) is 0 Å². The van der Waals surface area contributed by atoms with E-state index in [4.69, 9.17) is 17.3 Å². The van der Waals surface area contributed by atoms with E-state index in [1.54, 1.807) is 13.0 Å². The van der Waals surface area contributed by atoms with Crippen LogP contribution in [0.15, 0.2) is 18.2 Å². The molecule has 0 fully saturated rings. The van der Waals surface area contributed by atoms with Crippen molar-refractivity contribution in [2.45, 2.75) is 19.9 Å². The van der Waals surface area contributed by atoms with Gasteiger partial charge in [0.15, 0.2) is 0 Å². The van der Waals surface area contributed by atoms with Crippen molar-refractivity contribution in [2.75, 3.05) is 5.32 Å². The number of nitrogens with one attached hydrogen (secondary N) is 1. The largest absolute Gasteiger partial charge is 0.323 e. The van der Waals surface area contributed by atoms with Crippen LogP contribution in [-0.2, 0) is 4.79 Å². The Morgan fingerprint density at radius 2 is 2.21 bits per heavy atom. The minimum Gasteiger partial charge on any atom is -0.323 e. The summed E-state index contributed by atoms with van der Waals surface area (Å²) < 4.78 is 0. The normalized spacial score (nSPS) is 12.3. The van der Waals surface area contributed by atoms with Gasteiger partial charge >= 0.3 is 0 Å². The molecule has 0 saturated heterocycles. The zero-order valence-electron chi connectivity index (χ0n) is 8.17. The number of nitrogens with two attached hydrogens (primary N) is 1. The monoisotopic (exact) mass is 212 g/mol. The first kappa shape index (κ1) is 11.0. The van der Waals surface area contributed by atoms with E-state index in [2.05, 4.69) is 5.32 Å². The van der Waals surface area contributed by atoms with Gasteiger partial charge in [0.2, 0.25) is 5.91 Å². The average Bonchev–Trinajstić information content (AvgIpc) is 2.11. The van der Waals surface area contributed by atoms with Crippen LogP contribution in [-0.4, -0.2) is 11.9 Å². The van der Waals surface area contributed by atoms with Crippen LogP contribution in [0.3, 0.4) is 0 Å². The number of aryl methyl sites for hydroxylation is 1. The smallest absolute Gasteiger partial charge is 0.241 e. The molecule has 76 valence electrons. The molecule has 14 heavy (non-hydrogen) atoms. The number of para-hydroxylation sites is 1. The van der Waals surface area contributed by atoms with Crippen molar-refractivity contribution in [2.24, 2.45) is 5.73 Å². The summed E-state index contributed by atoms with van der Waals surface area (Å²) in [6.45, 7) is 3.50. The van der Waals surface area contributed by atoms with E-state index in [0.717, 1.165) is 5.56 Å². The number of hydrogen-bond acceptors (Lipinski definition) is 2. The summed E-state index contributed by atoms with van der Waals surface area (Å²) in [6.07, 6.45) is 0. The zero-order chi connectivity index (χ0) is 10.7. The maximum Gasteiger partial charge on any atom is 0.241 e. The SMILES string of the molecule is Cc1cccc(Cl)c1NC(=O)[C@@H](C)N. The van der Waals surface area contributed by atoms with Gasteiger partial charge in [-0.05, 0) is 25.5 Å². The highest BCUT2D eigenvalue weighted by Crippen LogP contribution is 2.25. The lowest BCUT2D eigenvalue weighted by molar-refractivity contribution is -0.117. The molecule has 1 amide bonds. The van der Waals surface area contributed by atoms with Crippen molar-refractivity contribution in [1.82, 2.24) is 0 Å². The molecule has 0 aliphatic carbocycles. The van der Waals surface area contributed by atoms with Crippen molar-refractivity contribution in [1.29, 1.82) is 0 Å². The second kappa shape index (κ2) is 4.44. The lowest BCUT2D eigenvalue weighted by Gasteiger charge is -2.11. The Labute approximate surface area is 88.2 Å². The Hall–Kier alpha value is -1.06. The molecule has 0 spiro atoms. The highest BCUT2D eigenvalue weighted by molar-refractivity contribution is 6.34. The maximum atomic E-state index is 11.3. The molecule has 0 unspecified atom stereocenters. The third kappa shape index (κ3) is 2.47. The van der Waals surface area contributed by atoms with Crippen molar-refractivity contribution >= 4 is 23.2 Å². The van der Waals surface area contributed by atoms with E-state index in [-0.39, 0.29) is 5.91 Å². The quantitative estimate of drug-likeness (QED) is 0.787. The number of carbonyl (C=O) groups is 1. The van der Waals surface area contributed by atoms with Gasteiger partial charge in [0, 0.05) is 0 Å². The topological polar surface area (TPSA) is 55.1 Å². The van der Waals surface area contributed by atoms with E-state index in [9.17, 15) is 4.79 Å². The molecule has 3 nitrogen and oxygen atoms in total. The Morgan fingerprint density at radius 1 is 1.57 bits per heavy atom. The van der Waals surface area contributed by atoms with Gasteiger partial charge in [-0.1, -0.05) is 23.7 Å². The molecular weight excluding hydrogens is 200 g/mol. The number of anilines is 1. The molecular formula is C10H13ClN2O. The predicted molar refractivity (Wildman–Crippen MR) is 58.5 cm³/mol. The van der Waals surface area contributed by atoms with E-state index in [1.807, 2.05) is 19.1 Å². The maximum absolute atomic E-state index is 11.3. The van der Waals surface area contributed by atoms with Gasteiger partial charge in [0.05, 0.1) is 16.8 Å². The van der Waals surface area contributed by atoms with Crippen LogP contribution in [0.25, 0.3) is 0 Å². The first-order valence-corrected chi connectivity index (χ1v) is 4.71. The third-order valence-corrected chi connectivity index (χ3v) is 2.20. The molecule has 3 N–H and O–H groups in total. The summed E-state index contributed by atoms with van der Waals surface area (Å²) in [5, 5.41) is 3.21. The predicted octanol–water partition coefficient (Wildman–Crippen LogP) is 1.93. The molecule has 0 aliphatic rings. The number of hydrogen-bond donors (Lipinski definition) is 2. The van der Waals surface area contributed by atoms with Gasteiger partial charge in [0.1, 0.15) is 0 Å². The zero-order valence-corrected chi connectivity index (χ0v) is 8.93. The second-order valence-corrected chi connectivity index (χ2v) is 3.62. The number of rotatable bonds is 2. The molecule has 1 aromatic carbocycles. The van der Waals surface area contributed by atoms with Gasteiger partial charge < -0.3 is 11.1 Å². The van der Waals surface area contributed by atoms with Crippen LogP contribution >= 0.6 is 11.6 Å². The van der Waals surface area contributed by atoms with Crippen LogP contribution in [0.4, 0.5) is 5.69 Å². The van der Waals surface area contributed by atoms with Gasteiger partial charge in [-0.2, -0.15) is 0 Å². The van der Waals surface area contributed by atoms with E-state index < -0.39 is 6.04 Å². The first-order valence-electron chi connectivity index (χ1n) is 4.34. The van der Waals surface area contributed by atoms with Crippen molar-refractivity contribution in [3.8, 4) is 0 Å². The summed E-state index contributed by atoms with van der Waals surface area (Å²) in [4.78, 5) is 11.3. The number of amides is 1. The summed E-state index contributed by atoms with van der Waals surface area (Å²) in [5.74, 6) is -0.235. The average molecular weight is 213 g/mol. The molecule has 0 aliphatic heterocycles. The number of halogens is 1. The molecule has 0 heterocycles. The fraction of sp³-hybridized carbons (Fsp3) is 0.300. The minimum absolute atomic E-state index is 0.235. The fourth-order valence-electron chi connectivity index (χ4n) is 1.03. The Bertz CT molecular complexity index is 330. The Balaban J connectivity index is 2.91. The highest BCUT2D eigenvalue weighted by atomic mass is 35.5. The van der Waals surface area contributed by atoms with Crippen LogP contribution in [0, 0.1) is 6.92 Å². The van der Waals surface area contributed by atoms with Crippen molar-refractivity contribution < 1.29 is 4.79 Å². The Kier molecular flexibility index (Phi) is 3.49. The molecule has 0 bridgehead atoms. The lowest BCUT2D eigenvalue weighted by Crippen LogP contribution is -2.32. The third-order valence-electron chi connectivity index (χ3n) is 1.88. The van der Waals surface area contributed by atoms with Gasteiger partial charge in [-0.25, -0.2) is 0 Å². The molecule has 0 aromatic heterocycles. The summed E-state index contributed by atoms with van der Waals surface area (Å²) >= 11 is 5.92. The van der Waals surface area contributed by atoms with Crippen LogP contribution in [0.5, 0.6) is 0 Å². The van der Waals surface area contributed by atoms with Gasteiger partial charge in [-0.15, -0.1) is 0 Å². The van der Waals surface area contributed by atoms with E-state index in [0.29, 0.717) is 10.7 Å². The van der Waals surface area contributed by atoms with Crippen LogP contribution in [0.2, 0.25) is 5.02 Å². The van der Waals surface area contributed by atoms with E-state index >= 15 is 0 Å². The lowest BCUT2D eigenvalue weighted by atomic mass is 10.2. The molecule has 0 saturated carbocycles. The molecule has 4 heteroatoms. The van der Waals surface area contributed by atoms with Gasteiger partial charge in [0.25, 0.3) is 0 Å².